The molecule has 5 heteroatoms. The topological polar surface area (TPSA) is 63.6 Å². The highest BCUT2D eigenvalue weighted by Crippen LogP contribution is 2.75. The Morgan fingerprint density at radius 3 is 2.23 bits per heavy atom. The number of likely N-dealkylation sites (N-methyl/N-ethyl adjacent to an activating group) is 1. The van der Waals surface area contributed by atoms with Crippen LogP contribution in [0.3, 0.4) is 0 Å². The Kier molecular flexibility index (Phi) is 7.01. The van der Waals surface area contributed by atoms with Crippen molar-refractivity contribution in [2.24, 2.45) is 56.7 Å². The molecule has 0 heterocycles. The lowest BCUT2D eigenvalue weighted by Crippen LogP contribution is -2.65. The van der Waals surface area contributed by atoms with Crippen molar-refractivity contribution >= 4 is 11.9 Å². The molecule has 4 fully saturated rings. The van der Waals surface area contributed by atoms with Gasteiger partial charge >= 0.3 is 11.9 Å². The van der Waals surface area contributed by atoms with Crippen molar-refractivity contribution in [3.05, 3.63) is 11.6 Å². The third kappa shape index (κ3) is 4.09. The molecule has 0 amide bonds. The fourth-order valence-electron chi connectivity index (χ4n) is 11.6. The first-order chi connectivity index (χ1) is 18.3. The standard InChI is InChI=1S/C35H57NO4/c1-22-13-18-35(30(38)39)20-19-33(6)24(29(35)23(22)2)11-12-26-32(5)16-15-27(40-28(37)21-36(8,9)10)31(3,4)25(32)14-17-34(26,33)7/h11,22-23,25-27,29H,12-21H2,1-10H3/p+1/t22-,23+,25+,26-,27+,29?,32+,33-,34-,35+/m1/s1. The van der Waals surface area contributed by atoms with Crippen molar-refractivity contribution in [3.63, 3.8) is 0 Å². The Labute approximate surface area is 244 Å². The van der Waals surface area contributed by atoms with Crippen molar-refractivity contribution < 1.29 is 23.9 Å². The van der Waals surface area contributed by atoms with Crippen LogP contribution in [0.5, 0.6) is 0 Å². The van der Waals surface area contributed by atoms with Gasteiger partial charge in [-0.2, -0.15) is 0 Å². The van der Waals surface area contributed by atoms with Gasteiger partial charge < -0.3 is 14.3 Å². The van der Waals surface area contributed by atoms with Crippen LogP contribution in [-0.2, 0) is 14.3 Å². The second kappa shape index (κ2) is 9.32. The number of esters is 1. The maximum Gasteiger partial charge on any atom is 0.362 e. The van der Waals surface area contributed by atoms with Crippen LogP contribution in [0.2, 0.25) is 0 Å². The van der Waals surface area contributed by atoms with E-state index in [4.69, 9.17) is 4.74 Å². The second-order valence-electron chi connectivity index (χ2n) is 17.4. The number of hydrogen-bond acceptors (Lipinski definition) is 3. The minimum absolute atomic E-state index is 0.0327. The maximum absolute atomic E-state index is 12.9. The molecule has 0 aromatic rings. The van der Waals surface area contributed by atoms with E-state index in [-0.39, 0.29) is 39.7 Å². The molecule has 226 valence electrons. The Morgan fingerprint density at radius 2 is 1.60 bits per heavy atom. The van der Waals surface area contributed by atoms with E-state index in [1.54, 1.807) is 0 Å². The minimum Gasteiger partial charge on any atom is -0.481 e. The summed E-state index contributed by atoms with van der Waals surface area (Å²) in [6.07, 6.45) is 11.6. The SMILES string of the molecule is C[C@@H]1CC[C@]2(C(=O)O)CC[C@]3(C)C(=CC[C@@H]4[C@@]5(C)CC[C@H](OC(=O)C[N+](C)(C)C)C(C)(C)[C@@H]5CC[C@]43C)C2[C@H]1C. The van der Waals surface area contributed by atoms with Gasteiger partial charge in [-0.3, -0.25) is 4.79 Å². The lowest BCUT2D eigenvalue weighted by molar-refractivity contribution is -0.862. The van der Waals surface area contributed by atoms with E-state index in [1.165, 1.54) is 12.0 Å². The smallest absolute Gasteiger partial charge is 0.362 e. The Hall–Kier alpha value is -1.36. The van der Waals surface area contributed by atoms with E-state index in [2.05, 4.69) is 54.5 Å². The van der Waals surface area contributed by atoms with Gasteiger partial charge in [0, 0.05) is 5.41 Å². The van der Waals surface area contributed by atoms with Gasteiger partial charge in [-0.1, -0.05) is 60.1 Å². The Bertz CT molecular complexity index is 1090. The monoisotopic (exact) mass is 556 g/mol. The molecule has 0 aromatic carbocycles. The number of hydrogen-bond donors (Lipinski definition) is 1. The van der Waals surface area contributed by atoms with Gasteiger partial charge in [0.1, 0.15) is 6.10 Å². The molecule has 0 bridgehead atoms. The lowest BCUT2D eigenvalue weighted by atomic mass is 9.33. The molecular formula is C35H58NO4+. The lowest BCUT2D eigenvalue weighted by Gasteiger charge is -2.71. The first-order valence-electron chi connectivity index (χ1n) is 16.3. The van der Waals surface area contributed by atoms with Crippen molar-refractivity contribution in [2.75, 3.05) is 27.7 Å². The van der Waals surface area contributed by atoms with Crippen LogP contribution in [0.1, 0.15) is 106 Å². The third-order valence-corrected chi connectivity index (χ3v) is 14.2. The molecule has 0 aliphatic heterocycles. The highest BCUT2D eigenvalue weighted by Gasteiger charge is 2.69. The van der Waals surface area contributed by atoms with Crippen molar-refractivity contribution in [1.29, 1.82) is 0 Å². The van der Waals surface area contributed by atoms with Crippen molar-refractivity contribution in [1.82, 2.24) is 0 Å². The van der Waals surface area contributed by atoms with Gasteiger partial charge in [-0.05, 0) is 104 Å². The van der Waals surface area contributed by atoms with E-state index < -0.39 is 11.4 Å². The Morgan fingerprint density at radius 1 is 0.925 bits per heavy atom. The number of ether oxygens (including phenoxy) is 1. The zero-order valence-corrected chi connectivity index (χ0v) is 27.2. The zero-order valence-electron chi connectivity index (χ0n) is 27.2. The highest BCUT2D eigenvalue weighted by atomic mass is 16.5. The first-order valence-corrected chi connectivity index (χ1v) is 16.3. The average Bonchev–Trinajstić information content (AvgIpc) is 2.82. The fraction of sp³-hybridized carbons (Fsp3) is 0.886. The van der Waals surface area contributed by atoms with E-state index >= 15 is 0 Å². The predicted molar refractivity (Wildman–Crippen MR) is 159 cm³/mol. The van der Waals surface area contributed by atoms with Gasteiger partial charge in [0.25, 0.3) is 0 Å². The molecule has 40 heavy (non-hydrogen) atoms. The number of carbonyl (C=O) groups excluding carboxylic acids is 1. The molecule has 0 aromatic heterocycles. The van der Waals surface area contributed by atoms with Crippen LogP contribution >= 0.6 is 0 Å². The summed E-state index contributed by atoms with van der Waals surface area (Å²) in [4.78, 5) is 25.8. The summed E-state index contributed by atoms with van der Waals surface area (Å²) in [5.74, 6) is 1.55. The van der Waals surface area contributed by atoms with Crippen LogP contribution in [0.15, 0.2) is 11.6 Å². The number of aliphatic carboxylic acids is 1. The molecule has 5 rings (SSSR count). The summed E-state index contributed by atoms with van der Waals surface area (Å²) in [5, 5.41) is 10.6. The number of carboxylic acid groups (broad SMARTS) is 1. The second-order valence-corrected chi connectivity index (χ2v) is 17.4. The Balaban J connectivity index is 1.48. The van der Waals surface area contributed by atoms with E-state index in [9.17, 15) is 14.7 Å². The van der Waals surface area contributed by atoms with E-state index in [1.807, 2.05) is 21.1 Å². The van der Waals surface area contributed by atoms with Gasteiger partial charge in [0.2, 0.25) is 0 Å². The summed E-state index contributed by atoms with van der Waals surface area (Å²) >= 11 is 0. The number of nitrogens with zero attached hydrogens (tertiary/aromatic N) is 1. The molecule has 0 radical (unpaired) electrons. The molecule has 1 unspecified atom stereocenters. The van der Waals surface area contributed by atoms with Gasteiger partial charge in [0.15, 0.2) is 6.54 Å². The first kappa shape index (κ1) is 30.1. The number of fused-ring (bicyclic) bond motifs is 7. The maximum atomic E-state index is 12.9. The molecule has 4 saturated carbocycles. The number of carbonyl (C=O) groups is 2. The van der Waals surface area contributed by atoms with Crippen LogP contribution in [0.25, 0.3) is 0 Å². The largest absolute Gasteiger partial charge is 0.481 e. The zero-order chi connectivity index (χ0) is 29.7. The molecule has 5 aliphatic rings. The summed E-state index contributed by atoms with van der Waals surface area (Å²) in [7, 11) is 6.12. The normalized spacial score (nSPS) is 48.0. The highest BCUT2D eigenvalue weighted by molar-refractivity contribution is 5.76. The van der Waals surface area contributed by atoms with Crippen LogP contribution in [-0.4, -0.2) is 55.3 Å². The number of allylic oxidation sites excluding steroid dienone is 2. The third-order valence-electron chi connectivity index (χ3n) is 14.2. The quantitative estimate of drug-likeness (QED) is 0.223. The minimum atomic E-state index is -0.586. The molecule has 5 nitrogen and oxygen atoms in total. The van der Waals surface area contributed by atoms with E-state index in [0.29, 0.717) is 34.7 Å². The average molecular weight is 557 g/mol. The fourth-order valence-corrected chi connectivity index (χ4v) is 11.6. The van der Waals surface area contributed by atoms with E-state index in [0.717, 1.165) is 51.4 Å². The van der Waals surface area contributed by atoms with Crippen molar-refractivity contribution in [2.45, 2.75) is 112 Å². The molecular weight excluding hydrogens is 498 g/mol. The summed E-state index contributed by atoms with van der Waals surface area (Å²) in [5.41, 5.74) is 1.21. The van der Waals surface area contributed by atoms with Gasteiger partial charge in [0.05, 0.1) is 26.6 Å². The predicted octanol–water partition coefficient (Wildman–Crippen LogP) is 7.35. The van der Waals surface area contributed by atoms with Gasteiger partial charge in [-0.15, -0.1) is 0 Å². The van der Waals surface area contributed by atoms with Crippen LogP contribution in [0.4, 0.5) is 0 Å². The molecule has 0 saturated heterocycles. The van der Waals surface area contributed by atoms with Crippen LogP contribution < -0.4 is 0 Å². The number of rotatable bonds is 4. The summed E-state index contributed by atoms with van der Waals surface area (Å²) in [6, 6.07) is 0. The van der Waals surface area contributed by atoms with Crippen LogP contribution in [0, 0.1) is 56.7 Å². The van der Waals surface area contributed by atoms with Gasteiger partial charge in [-0.25, -0.2) is 4.79 Å². The molecule has 5 aliphatic carbocycles. The van der Waals surface area contributed by atoms with Crippen molar-refractivity contribution in [3.8, 4) is 0 Å². The number of carboxylic acids is 1. The molecule has 1 N–H and O–H groups in total. The summed E-state index contributed by atoms with van der Waals surface area (Å²) < 4.78 is 6.82. The summed E-state index contributed by atoms with van der Waals surface area (Å²) in [6.45, 7) is 17.5. The molecule has 0 spiro atoms. The number of quaternary nitrogens is 1. The molecule has 10 atom stereocenters.